The molecule has 3 rings (SSSR count). The standard InChI is InChI=1S/C16H15BrO3/c17-11-4-5-12-10(9-11)3-6-13(18)14(12)16(15(19)20)7-1-2-8-16/h3-6,9,18H,1-2,7-8H2,(H,19,20). The molecule has 0 amide bonds. The van der Waals surface area contributed by atoms with Crippen LogP contribution >= 0.6 is 15.9 Å². The van der Waals surface area contributed by atoms with Crippen LogP contribution in [-0.2, 0) is 10.2 Å². The minimum atomic E-state index is -0.947. The van der Waals surface area contributed by atoms with Crippen molar-refractivity contribution in [1.29, 1.82) is 0 Å². The highest BCUT2D eigenvalue weighted by atomic mass is 79.9. The minimum absolute atomic E-state index is 0.0872. The molecule has 2 N–H and O–H groups in total. The van der Waals surface area contributed by atoms with Gasteiger partial charge in [-0.15, -0.1) is 0 Å². The molecule has 0 aliphatic heterocycles. The van der Waals surface area contributed by atoms with E-state index in [1.165, 1.54) is 0 Å². The number of hydrogen-bond donors (Lipinski definition) is 2. The quantitative estimate of drug-likeness (QED) is 0.865. The van der Waals surface area contributed by atoms with Crippen molar-refractivity contribution in [1.82, 2.24) is 0 Å². The highest BCUT2D eigenvalue weighted by Crippen LogP contribution is 2.47. The number of carboxylic acids is 1. The van der Waals surface area contributed by atoms with Gasteiger partial charge in [0.15, 0.2) is 0 Å². The Hall–Kier alpha value is -1.55. The molecule has 0 spiro atoms. The fraction of sp³-hybridized carbons (Fsp3) is 0.312. The van der Waals surface area contributed by atoms with Crippen LogP contribution in [-0.4, -0.2) is 16.2 Å². The average Bonchev–Trinajstić information content (AvgIpc) is 2.89. The number of hydrogen-bond acceptors (Lipinski definition) is 2. The zero-order chi connectivity index (χ0) is 14.3. The molecule has 1 fully saturated rings. The van der Waals surface area contributed by atoms with E-state index in [-0.39, 0.29) is 5.75 Å². The lowest BCUT2D eigenvalue weighted by Crippen LogP contribution is -2.32. The summed E-state index contributed by atoms with van der Waals surface area (Å²) in [6.45, 7) is 0. The lowest BCUT2D eigenvalue weighted by Gasteiger charge is -2.27. The van der Waals surface area contributed by atoms with Crippen LogP contribution < -0.4 is 0 Å². The number of phenolic OH excluding ortho intramolecular Hbond substituents is 1. The summed E-state index contributed by atoms with van der Waals surface area (Å²) in [5.41, 5.74) is -0.371. The number of halogens is 1. The Morgan fingerprint density at radius 3 is 2.50 bits per heavy atom. The number of fused-ring (bicyclic) bond motifs is 1. The lowest BCUT2D eigenvalue weighted by atomic mass is 9.76. The molecule has 2 aromatic carbocycles. The maximum Gasteiger partial charge on any atom is 0.314 e. The molecule has 1 aliphatic carbocycles. The van der Waals surface area contributed by atoms with E-state index in [0.717, 1.165) is 28.1 Å². The van der Waals surface area contributed by atoms with Crippen molar-refractivity contribution in [2.45, 2.75) is 31.1 Å². The summed E-state index contributed by atoms with van der Waals surface area (Å²) < 4.78 is 0.942. The van der Waals surface area contributed by atoms with Crippen LogP contribution in [0.2, 0.25) is 0 Å². The first kappa shape index (κ1) is 13.4. The average molecular weight is 335 g/mol. The predicted octanol–water partition coefficient (Wildman–Crippen LogP) is 4.20. The normalized spacial score (nSPS) is 17.4. The van der Waals surface area contributed by atoms with Gasteiger partial charge in [-0.25, -0.2) is 0 Å². The van der Waals surface area contributed by atoms with Gasteiger partial charge < -0.3 is 10.2 Å². The van der Waals surface area contributed by atoms with Gasteiger partial charge in [0.25, 0.3) is 0 Å². The molecule has 20 heavy (non-hydrogen) atoms. The summed E-state index contributed by atoms with van der Waals surface area (Å²) in [5.74, 6) is -0.746. The third-order valence-corrected chi connectivity index (χ3v) is 4.80. The minimum Gasteiger partial charge on any atom is -0.508 e. The zero-order valence-electron chi connectivity index (χ0n) is 10.9. The van der Waals surface area contributed by atoms with Crippen molar-refractivity contribution < 1.29 is 15.0 Å². The van der Waals surface area contributed by atoms with Gasteiger partial charge in [0.05, 0.1) is 5.41 Å². The maximum atomic E-state index is 11.9. The predicted molar refractivity (Wildman–Crippen MR) is 81.1 cm³/mol. The molecule has 0 radical (unpaired) electrons. The number of rotatable bonds is 2. The molecule has 2 aromatic rings. The smallest absolute Gasteiger partial charge is 0.314 e. The Morgan fingerprint density at radius 2 is 1.85 bits per heavy atom. The molecule has 4 heteroatoms. The van der Waals surface area contributed by atoms with E-state index >= 15 is 0 Å². The number of phenols is 1. The SMILES string of the molecule is O=C(O)C1(c2c(O)ccc3cc(Br)ccc23)CCCC1. The Kier molecular flexibility index (Phi) is 3.21. The molecule has 104 valence electrons. The van der Waals surface area contributed by atoms with Crippen LogP contribution in [0.4, 0.5) is 0 Å². The topological polar surface area (TPSA) is 57.5 Å². The van der Waals surface area contributed by atoms with Gasteiger partial charge in [0.2, 0.25) is 0 Å². The fourth-order valence-corrected chi connectivity index (χ4v) is 3.72. The van der Waals surface area contributed by atoms with E-state index in [4.69, 9.17) is 0 Å². The second-order valence-corrected chi connectivity index (χ2v) is 6.34. The van der Waals surface area contributed by atoms with Crippen LogP contribution in [0.15, 0.2) is 34.8 Å². The van der Waals surface area contributed by atoms with Crippen molar-refractivity contribution >= 4 is 32.7 Å². The Balaban J connectivity index is 2.34. The number of carboxylic acid groups (broad SMARTS) is 1. The van der Waals surface area contributed by atoms with Gasteiger partial charge in [-0.1, -0.05) is 40.9 Å². The maximum absolute atomic E-state index is 11.9. The Labute approximate surface area is 125 Å². The first-order valence-electron chi connectivity index (χ1n) is 6.70. The zero-order valence-corrected chi connectivity index (χ0v) is 12.5. The third kappa shape index (κ3) is 1.90. The van der Waals surface area contributed by atoms with Crippen LogP contribution in [0.3, 0.4) is 0 Å². The molecule has 0 bridgehead atoms. The summed E-state index contributed by atoms with van der Waals surface area (Å²) in [7, 11) is 0. The van der Waals surface area contributed by atoms with E-state index in [0.29, 0.717) is 18.4 Å². The summed E-state index contributed by atoms with van der Waals surface area (Å²) in [5, 5.41) is 21.8. The first-order valence-corrected chi connectivity index (χ1v) is 7.49. The van der Waals surface area contributed by atoms with Gasteiger partial charge >= 0.3 is 5.97 Å². The van der Waals surface area contributed by atoms with Crippen LogP contribution in [0.25, 0.3) is 10.8 Å². The summed E-state index contributed by atoms with van der Waals surface area (Å²) in [6, 6.07) is 9.15. The summed E-state index contributed by atoms with van der Waals surface area (Å²) in [4.78, 5) is 11.9. The van der Waals surface area contributed by atoms with E-state index in [9.17, 15) is 15.0 Å². The number of aromatic hydroxyl groups is 1. The molecule has 1 saturated carbocycles. The molecule has 0 aromatic heterocycles. The largest absolute Gasteiger partial charge is 0.508 e. The molecule has 3 nitrogen and oxygen atoms in total. The van der Waals surface area contributed by atoms with E-state index in [2.05, 4.69) is 15.9 Å². The van der Waals surface area contributed by atoms with E-state index in [1.54, 1.807) is 6.07 Å². The van der Waals surface area contributed by atoms with Crippen LogP contribution in [0.1, 0.15) is 31.2 Å². The van der Waals surface area contributed by atoms with Gasteiger partial charge in [-0.2, -0.15) is 0 Å². The highest BCUT2D eigenvalue weighted by Gasteiger charge is 2.45. The Morgan fingerprint density at radius 1 is 1.15 bits per heavy atom. The number of benzene rings is 2. The molecule has 0 unspecified atom stereocenters. The molecule has 0 atom stereocenters. The Bertz CT molecular complexity index is 687. The second-order valence-electron chi connectivity index (χ2n) is 5.42. The number of aliphatic carboxylic acids is 1. The lowest BCUT2D eigenvalue weighted by molar-refractivity contribution is -0.143. The van der Waals surface area contributed by atoms with E-state index < -0.39 is 11.4 Å². The molecular formula is C16H15BrO3. The molecular weight excluding hydrogens is 320 g/mol. The third-order valence-electron chi connectivity index (χ3n) is 4.30. The van der Waals surface area contributed by atoms with Crippen molar-refractivity contribution in [3.8, 4) is 5.75 Å². The van der Waals surface area contributed by atoms with Crippen LogP contribution in [0.5, 0.6) is 5.75 Å². The van der Waals surface area contributed by atoms with Gasteiger partial charge in [0.1, 0.15) is 5.75 Å². The first-order chi connectivity index (χ1) is 9.54. The van der Waals surface area contributed by atoms with Gasteiger partial charge in [-0.3, -0.25) is 4.79 Å². The summed E-state index contributed by atoms with van der Waals surface area (Å²) >= 11 is 3.42. The van der Waals surface area contributed by atoms with Crippen LogP contribution in [0, 0.1) is 0 Å². The monoisotopic (exact) mass is 334 g/mol. The second kappa shape index (κ2) is 4.77. The molecule has 0 heterocycles. The molecule has 0 saturated heterocycles. The van der Waals surface area contributed by atoms with Gasteiger partial charge in [-0.05, 0) is 41.8 Å². The summed E-state index contributed by atoms with van der Waals surface area (Å²) in [6.07, 6.45) is 2.95. The molecule has 1 aliphatic rings. The van der Waals surface area contributed by atoms with Crippen molar-refractivity contribution in [3.05, 3.63) is 40.4 Å². The number of carbonyl (C=O) groups is 1. The van der Waals surface area contributed by atoms with Crippen molar-refractivity contribution in [3.63, 3.8) is 0 Å². The van der Waals surface area contributed by atoms with Gasteiger partial charge in [0, 0.05) is 10.0 Å². The van der Waals surface area contributed by atoms with Crippen molar-refractivity contribution in [2.24, 2.45) is 0 Å². The van der Waals surface area contributed by atoms with Crippen molar-refractivity contribution in [2.75, 3.05) is 0 Å². The highest BCUT2D eigenvalue weighted by molar-refractivity contribution is 9.10. The van der Waals surface area contributed by atoms with E-state index in [1.807, 2.05) is 24.3 Å². The fourth-order valence-electron chi connectivity index (χ4n) is 3.34.